The number of para-hydroxylation sites is 2. The number of hydrogen-bond donors (Lipinski definition) is 1. The SMILES string of the molecule is CCOc1ccccc1N(CC(=O)N(Cc1ccc(F)cc1)C(Cc1ccccc1)C(=O)NCC(C)C)S(=O)(=O)c1ccc(SC)cc1. The standard InChI is InChI=1S/C37H42FN3O5S2/c1-5-46-35-14-10-9-13-33(35)41(48(44,45)32-21-19-31(47-4)20-22-32)26-36(42)40(25-29-15-17-30(38)18-16-29)34(37(43)39-24-27(2)3)23-28-11-7-6-8-12-28/h6-22,27,34H,5,23-26H2,1-4H3,(H,39,43). The molecule has 254 valence electrons. The summed E-state index contributed by atoms with van der Waals surface area (Å²) >= 11 is 1.48. The first kappa shape index (κ1) is 36.5. The van der Waals surface area contributed by atoms with E-state index < -0.39 is 34.3 Å². The molecule has 4 aromatic rings. The maximum Gasteiger partial charge on any atom is 0.264 e. The molecule has 48 heavy (non-hydrogen) atoms. The largest absolute Gasteiger partial charge is 0.492 e. The number of ether oxygens (including phenoxy) is 1. The highest BCUT2D eigenvalue weighted by molar-refractivity contribution is 7.98. The number of anilines is 1. The number of nitrogens with zero attached hydrogens (tertiary/aromatic N) is 2. The van der Waals surface area contributed by atoms with Crippen molar-refractivity contribution in [2.45, 2.75) is 49.6 Å². The molecule has 0 aliphatic rings. The highest BCUT2D eigenvalue weighted by Crippen LogP contribution is 2.33. The Kier molecular flexibility index (Phi) is 13.0. The molecule has 4 rings (SSSR count). The predicted molar refractivity (Wildman–Crippen MR) is 189 cm³/mol. The van der Waals surface area contributed by atoms with Crippen LogP contribution < -0.4 is 14.4 Å². The van der Waals surface area contributed by atoms with Gasteiger partial charge in [-0.3, -0.25) is 13.9 Å². The van der Waals surface area contributed by atoms with Crippen molar-refractivity contribution in [2.75, 3.05) is 30.3 Å². The second kappa shape index (κ2) is 17.2. The van der Waals surface area contributed by atoms with Crippen LogP contribution in [0.2, 0.25) is 0 Å². The summed E-state index contributed by atoms with van der Waals surface area (Å²) in [6.07, 6.45) is 2.07. The lowest BCUT2D eigenvalue weighted by atomic mass is 10.0. The van der Waals surface area contributed by atoms with E-state index in [1.165, 1.54) is 40.9 Å². The Bertz CT molecular complexity index is 1750. The maximum absolute atomic E-state index is 14.6. The summed E-state index contributed by atoms with van der Waals surface area (Å²) < 4.78 is 49.5. The van der Waals surface area contributed by atoms with Crippen molar-refractivity contribution in [1.29, 1.82) is 0 Å². The minimum Gasteiger partial charge on any atom is -0.492 e. The molecular formula is C37H42FN3O5S2. The van der Waals surface area contributed by atoms with E-state index in [1.54, 1.807) is 55.5 Å². The number of carbonyl (C=O) groups excluding carboxylic acids is 2. The van der Waals surface area contributed by atoms with Crippen molar-refractivity contribution < 1.29 is 27.1 Å². The molecule has 0 aromatic heterocycles. The Balaban J connectivity index is 1.83. The number of halogens is 1. The van der Waals surface area contributed by atoms with Gasteiger partial charge in [-0.1, -0.05) is 68.4 Å². The van der Waals surface area contributed by atoms with Gasteiger partial charge in [0, 0.05) is 24.4 Å². The zero-order chi connectivity index (χ0) is 34.7. The van der Waals surface area contributed by atoms with E-state index in [1.807, 2.05) is 50.4 Å². The highest BCUT2D eigenvalue weighted by atomic mass is 32.2. The summed E-state index contributed by atoms with van der Waals surface area (Å²) in [6, 6.07) is 27.1. The monoisotopic (exact) mass is 691 g/mol. The van der Waals surface area contributed by atoms with Gasteiger partial charge in [-0.2, -0.15) is 0 Å². The molecule has 0 radical (unpaired) electrons. The zero-order valence-corrected chi connectivity index (χ0v) is 29.3. The molecule has 4 aromatic carbocycles. The second-order valence-electron chi connectivity index (χ2n) is 11.6. The molecule has 0 bridgehead atoms. The maximum atomic E-state index is 14.6. The topological polar surface area (TPSA) is 96.0 Å². The Hall–Kier alpha value is -4.35. The van der Waals surface area contributed by atoms with Crippen molar-refractivity contribution in [2.24, 2.45) is 5.92 Å². The fourth-order valence-corrected chi connectivity index (χ4v) is 6.92. The fraction of sp³-hybridized carbons (Fsp3) is 0.297. The Morgan fingerprint density at radius 3 is 2.15 bits per heavy atom. The normalized spacial score (nSPS) is 12.0. The van der Waals surface area contributed by atoms with Crippen molar-refractivity contribution in [3.63, 3.8) is 0 Å². The summed E-state index contributed by atoms with van der Waals surface area (Å²) in [5.41, 5.74) is 1.59. The molecule has 0 aliphatic carbocycles. The lowest BCUT2D eigenvalue weighted by Gasteiger charge is -2.34. The quantitative estimate of drug-likeness (QED) is 0.134. The Labute approximate surface area is 287 Å². The summed E-state index contributed by atoms with van der Waals surface area (Å²) in [5.74, 6) is -0.988. The van der Waals surface area contributed by atoms with Gasteiger partial charge in [0.15, 0.2) is 0 Å². The van der Waals surface area contributed by atoms with E-state index in [0.29, 0.717) is 12.1 Å². The molecule has 2 amide bonds. The van der Waals surface area contributed by atoms with Crippen LogP contribution in [0.15, 0.2) is 113 Å². The van der Waals surface area contributed by atoms with Gasteiger partial charge in [0.25, 0.3) is 10.0 Å². The molecule has 1 N–H and O–H groups in total. The van der Waals surface area contributed by atoms with Crippen molar-refractivity contribution in [1.82, 2.24) is 10.2 Å². The Morgan fingerprint density at radius 1 is 0.875 bits per heavy atom. The molecule has 8 nitrogen and oxygen atoms in total. The molecule has 0 heterocycles. The highest BCUT2D eigenvalue weighted by Gasteiger charge is 2.35. The van der Waals surface area contributed by atoms with E-state index >= 15 is 0 Å². The van der Waals surface area contributed by atoms with Gasteiger partial charge in [-0.25, -0.2) is 12.8 Å². The van der Waals surface area contributed by atoms with Crippen molar-refractivity contribution in [3.05, 3.63) is 120 Å². The number of rotatable bonds is 16. The summed E-state index contributed by atoms with van der Waals surface area (Å²) in [5, 5.41) is 2.96. The van der Waals surface area contributed by atoms with Gasteiger partial charge in [0.2, 0.25) is 11.8 Å². The molecule has 0 aliphatic heterocycles. The Morgan fingerprint density at radius 2 is 1.52 bits per heavy atom. The van der Waals surface area contributed by atoms with Crippen LogP contribution >= 0.6 is 11.8 Å². The van der Waals surface area contributed by atoms with E-state index in [2.05, 4.69) is 5.32 Å². The molecular weight excluding hydrogens is 650 g/mol. The van der Waals surface area contributed by atoms with E-state index in [9.17, 15) is 22.4 Å². The van der Waals surface area contributed by atoms with Crippen LogP contribution in [0.1, 0.15) is 31.9 Å². The van der Waals surface area contributed by atoms with Gasteiger partial charge < -0.3 is 15.0 Å². The molecule has 1 unspecified atom stereocenters. The first-order valence-corrected chi connectivity index (χ1v) is 18.4. The molecule has 0 fully saturated rings. The van der Waals surface area contributed by atoms with E-state index in [4.69, 9.17) is 4.74 Å². The number of carbonyl (C=O) groups is 2. The van der Waals surface area contributed by atoms with Gasteiger partial charge in [-0.15, -0.1) is 11.8 Å². The third-order valence-corrected chi connectivity index (χ3v) is 10.1. The summed E-state index contributed by atoms with van der Waals surface area (Å²) in [7, 11) is -4.31. The smallest absolute Gasteiger partial charge is 0.264 e. The van der Waals surface area contributed by atoms with Gasteiger partial charge in [0.1, 0.15) is 24.2 Å². The van der Waals surface area contributed by atoms with Gasteiger partial charge >= 0.3 is 0 Å². The number of benzene rings is 4. The summed E-state index contributed by atoms with van der Waals surface area (Å²) in [4.78, 5) is 30.8. The van der Waals surface area contributed by atoms with Crippen LogP contribution in [0.25, 0.3) is 0 Å². The van der Waals surface area contributed by atoms with Crippen LogP contribution in [0.3, 0.4) is 0 Å². The van der Waals surface area contributed by atoms with Gasteiger partial charge in [-0.05, 0) is 78.8 Å². The number of thioether (sulfide) groups is 1. The molecule has 0 saturated heterocycles. The van der Waals surface area contributed by atoms with E-state index in [0.717, 1.165) is 14.8 Å². The second-order valence-corrected chi connectivity index (χ2v) is 14.3. The zero-order valence-electron chi connectivity index (χ0n) is 27.6. The van der Waals surface area contributed by atoms with Crippen LogP contribution in [0, 0.1) is 11.7 Å². The van der Waals surface area contributed by atoms with Crippen LogP contribution in [0.4, 0.5) is 10.1 Å². The first-order chi connectivity index (χ1) is 23.0. The fourth-order valence-electron chi connectivity index (χ4n) is 5.09. The molecule has 0 spiro atoms. The summed E-state index contributed by atoms with van der Waals surface area (Å²) in [6.45, 7) is 5.70. The average Bonchev–Trinajstić information content (AvgIpc) is 3.09. The molecule has 11 heteroatoms. The van der Waals surface area contributed by atoms with Crippen LogP contribution in [-0.2, 0) is 32.6 Å². The minimum absolute atomic E-state index is 0.00000174. The predicted octanol–water partition coefficient (Wildman–Crippen LogP) is 6.55. The number of hydrogen-bond acceptors (Lipinski definition) is 6. The van der Waals surface area contributed by atoms with Gasteiger partial charge in [0.05, 0.1) is 17.2 Å². The minimum atomic E-state index is -4.31. The number of sulfonamides is 1. The molecule has 0 saturated carbocycles. The first-order valence-electron chi connectivity index (χ1n) is 15.8. The third-order valence-electron chi connectivity index (χ3n) is 7.58. The lowest BCUT2D eigenvalue weighted by Crippen LogP contribution is -2.53. The van der Waals surface area contributed by atoms with Crippen molar-refractivity contribution >= 4 is 39.3 Å². The third kappa shape index (κ3) is 9.60. The van der Waals surface area contributed by atoms with E-state index in [-0.39, 0.29) is 47.7 Å². The molecule has 1 atom stereocenters. The number of amides is 2. The number of nitrogens with one attached hydrogen (secondary N) is 1. The van der Waals surface area contributed by atoms with Crippen molar-refractivity contribution in [3.8, 4) is 5.75 Å². The van der Waals surface area contributed by atoms with Crippen LogP contribution in [0.5, 0.6) is 5.75 Å². The lowest BCUT2D eigenvalue weighted by molar-refractivity contribution is -0.140. The average molecular weight is 692 g/mol. The van der Waals surface area contributed by atoms with Crippen LogP contribution in [-0.4, -0.2) is 57.1 Å².